The summed E-state index contributed by atoms with van der Waals surface area (Å²) in [5.41, 5.74) is 2.31. The number of hydrogen-bond acceptors (Lipinski definition) is 3. The number of ether oxygens (including phenoxy) is 2. The van der Waals surface area contributed by atoms with E-state index in [9.17, 15) is 0 Å². The maximum atomic E-state index is 5.89. The Morgan fingerprint density at radius 2 is 2.04 bits per heavy atom. The van der Waals surface area contributed by atoms with Gasteiger partial charge in [-0.2, -0.15) is 0 Å². The number of halogens is 1. The topological polar surface area (TPSA) is 51.0 Å². The van der Waals surface area contributed by atoms with Crippen molar-refractivity contribution in [2.75, 3.05) is 27.3 Å². The number of nitrogens with one attached hydrogen (secondary N) is 1. The number of benzene rings is 1. The van der Waals surface area contributed by atoms with Crippen molar-refractivity contribution < 1.29 is 9.47 Å². The van der Waals surface area contributed by atoms with E-state index < -0.39 is 0 Å². The van der Waals surface area contributed by atoms with Gasteiger partial charge in [0.2, 0.25) is 0 Å². The first-order valence-corrected chi connectivity index (χ1v) is 8.58. The maximum absolute atomic E-state index is 5.89. The highest BCUT2D eigenvalue weighted by molar-refractivity contribution is 14.0. The lowest BCUT2D eigenvalue weighted by Crippen LogP contribution is -2.38. The van der Waals surface area contributed by atoms with E-state index in [-0.39, 0.29) is 24.0 Å². The van der Waals surface area contributed by atoms with Crippen molar-refractivity contribution in [2.45, 2.75) is 19.5 Å². The maximum Gasteiger partial charge on any atom is 0.194 e. The predicted octanol–water partition coefficient (Wildman–Crippen LogP) is 3.01. The van der Waals surface area contributed by atoms with Gasteiger partial charge < -0.3 is 24.3 Å². The summed E-state index contributed by atoms with van der Waals surface area (Å²) < 4.78 is 13.8. The molecule has 0 aliphatic carbocycles. The van der Waals surface area contributed by atoms with E-state index >= 15 is 0 Å². The van der Waals surface area contributed by atoms with Gasteiger partial charge in [0.1, 0.15) is 0 Å². The highest BCUT2D eigenvalue weighted by Gasteiger charge is 2.15. The Balaban J connectivity index is 0.00000243. The van der Waals surface area contributed by atoms with Crippen LogP contribution in [-0.2, 0) is 20.1 Å². The van der Waals surface area contributed by atoms with Crippen molar-refractivity contribution >= 4 is 29.9 Å². The lowest BCUT2D eigenvalue weighted by atomic mass is 10.2. The van der Waals surface area contributed by atoms with E-state index in [0.29, 0.717) is 19.8 Å². The number of aliphatic imine (C=N–C) groups is 1. The fourth-order valence-corrected chi connectivity index (χ4v) is 2.93. The third kappa shape index (κ3) is 4.84. The van der Waals surface area contributed by atoms with Crippen LogP contribution in [0, 0.1) is 0 Å². The Kier molecular flexibility index (Phi) is 7.62. The molecular formula is C19H27IN4O2. The van der Waals surface area contributed by atoms with Gasteiger partial charge in [-0.05, 0) is 18.2 Å². The molecule has 3 rings (SSSR count). The summed E-state index contributed by atoms with van der Waals surface area (Å²) in [5, 5.41) is 3.42. The van der Waals surface area contributed by atoms with Gasteiger partial charge in [0, 0.05) is 51.6 Å². The van der Waals surface area contributed by atoms with Crippen molar-refractivity contribution in [1.29, 1.82) is 0 Å². The number of aryl methyl sites for hydroxylation is 1. The smallest absolute Gasteiger partial charge is 0.194 e. The van der Waals surface area contributed by atoms with Gasteiger partial charge in [-0.25, -0.2) is 0 Å². The molecule has 0 saturated carbocycles. The van der Waals surface area contributed by atoms with E-state index in [0.717, 1.165) is 36.0 Å². The van der Waals surface area contributed by atoms with E-state index in [1.165, 1.54) is 5.69 Å². The van der Waals surface area contributed by atoms with Gasteiger partial charge in [0.15, 0.2) is 17.5 Å². The predicted molar refractivity (Wildman–Crippen MR) is 115 cm³/mol. The van der Waals surface area contributed by atoms with Gasteiger partial charge in [-0.1, -0.05) is 12.1 Å². The Morgan fingerprint density at radius 1 is 1.23 bits per heavy atom. The van der Waals surface area contributed by atoms with Gasteiger partial charge in [-0.3, -0.25) is 4.99 Å². The van der Waals surface area contributed by atoms with Crippen LogP contribution in [0.3, 0.4) is 0 Å². The van der Waals surface area contributed by atoms with Gasteiger partial charge >= 0.3 is 0 Å². The van der Waals surface area contributed by atoms with Gasteiger partial charge in [-0.15, -0.1) is 24.0 Å². The van der Waals surface area contributed by atoms with Crippen LogP contribution in [-0.4, -0.2) is 42.7 Å². The first-order chi connectivity index (χ1) is 12.2. The van der Waals surface area contributed by atoms with Crippen molar-refractivity contribution in [2.24, 2.45) is 12.0 Å². The third-order valence-corrected chi connectivity index (χ3v) is 4.31. The number of fused-ring (bicyclic) bond motifs is 1. The molecule has 0 spiro atoms. The Bertz CT molecular complexity index is 745. The van der Waals surface area contributed by atoms with Crippen molar-refractivity contribution in [3.8, 4) is 11.5 Å². The molecule has 2 aromatic rings. The molecule has 1 N–H and O–H groups in total. The normalized spacial score (nSPS) is 13.6. The molecular weight excluding hydrogens is 443 g/mol. The van der Waals surface area contributed by atoms with E-state index in [2.05, 4.69) is 51.2 Å². The summed E-state index contributed by atoms with van der Waals surface area (Å²) in [6, 6.07) is 10.2. The second-order valence-electron chi connectivity index (χ2n) is 6.16. The summed E-state index contributed by atoms with van der Waals surface area (Å²) in [5.74, 6) is 2.50. The summed E-state index contributed by atoms with van der Waals surface area (Å²) in [4.78, 5) is 6.50. The summed E-state index contributed by atoms with van der Waals surface area (Å²) in [6.45, 7) is 2.81. The number of hydrogen-bond donors (Lipinski definition) is 1. The zero-order chi connectivity index (χ0) is 17.6. The summed E-state index contributed by atoms with van der Waals surface area (Å²) in [7, 11) is 5.89. The third-order valence-electron chi connectivity index (χ3n) is 4.31. The molecule has 0 amide bonds. The van der Waals surface area contributed by atoms with Crippen LogP contribution in [0.2, 0.25) is 0 Å². The van der Waals surface area contributed by atoms with Crippen molar-refractivity contribution in [1.82, 2.24) is 14.8 Å². The highest BCUT2D eigenvalue weighted by Crippen LogP contribution is 2.33. The standard InChI is InChI=1S/C19H26N4O2.HI/c1-20-19(23(3)14-16-8-5-10-22(16)2)21-13-15-7-4-9-17-18(15)25-12-6-11-24-17;/h4-5,7-10H,6,11-14H2,1-3H3,(H,20,21);1H. The molecule has 6 nitrogen and oxygen atoms in total. The second kappa shape index (κ2) is 9.70. The molecule has 1 aromatic carbocycles. The van der Waals surface area contributed by atoms with Crippen LogP contribution in [0.5, 0.6) is 11.5 Å². The van der Waals surface area contributed by atoms with Crippen LogP contribution in [0.25, 0.3) is 0 Å². The molecule has 0 bridgehead atoms. The molecule has 0 fully saturated rings. The van der Waals surface area contributed by atoms with E-state index in [4.69, 9.17) is 9.47 Å². The fraction of sp³-hybridized carbons (Fsp3) is 0.421. The monoisotopic (exact) mass is 470 g/mol. The Morgan fingerprint density at radius 3 is 2.77 bits per heavy atom. The highest BCUT2D eigenvalue weighted by atomic mass is 127. The molecule has 0 saturated heterocycles. The molecule has 0 unspecified atom stereocenters. The lowest BCUT2D eigenvalue weighted by Gasteiger charge is -2.23. The first-order valence-electron chi connectivity index (χ1n) is 8.58. The van der Waals surface area contributed by atoms with Crippen LogP contribution in [0.15, 0.2) is 41.5 Å². The van der Waals surface area contributed by atoms with Crippen LogP contribution in [0.4, 0.5) is 0 Å². The van der Waals surface area contributed by atoms with Crippen LogP contribution < -0.4 is 14.8 Å². The largest absolute Gasteiger partial charge is 0.490 e. The van der Waals surface area contributed by atoms with Crippen molar-refractivity contribution in [3.63, 3.8) is 0 Å². The number of aromatic nitrogens is 1. The molecule has 1 aliphatic heterocycles. The number of guanidine groups is 1. The van der Waals surface area contributed by atoms with Crippen LogP contribution in [0.1, 0.15) is 17.7 Å². The van der Waals surface area contributed by atoms with E-state index in [1.807, 2.05) is 19.2 Å². The summed E-state index contributed by atoms with van der Waals surface area (Å²) in [6.07, 6.45) is 2.96. The number of rotatable bonds is 4. The SMILES string of the molecule is CN=C(NCc1cccc2c1OCCCO2)N(C)Cc1cccn1C.I. The lowest BCUT2D eigenvalue weighted by molar-refractivity contribution is 0.296. The minimum absolute atomic E-state index is 0. The molecule has 26 heavy (non-hydrogen) atoms. The molecule has 1 aromatic heterocycles. The van der Waals surface area contributed by atoms with Gasteiger partial charge in [0.25, 0.3) is 0 Å². The first kappa shape index (κ1) is 20.4. The zero-order valence-electron chi connectivity index (χ0n) is 15.6. The quantitative estimate of drug-likeness (QED) is 0.424. The molecule has 0 atom stereocenters. The zero-order valence-corrected chi connectivity index (χ0v) is 17.9. The number of para-hydroxylation sites is 1. The molecule has 2 heterocycles. The second-order valence-corrected chi connectivity index (χ2v) is 6.16. The van der Waals surface area contributed by atoms with Crippen LogP contribution >= 0.6 is 24.0 Å². The fourth-order valence-electron chi connectivity index (χ4n) is 2.93. The molecule has 0 radical (unpaired) electrons. The average Bonchev–Trinajstić information content (AvgIpc) is 2.86. The summed E-state index contributed by atoms with van der Waals surface area (Å²) >= 11 is 0. The Hall–Kier alpha value is -1.90. The van der Waals surface area contributed by atoms with E-state index in [1.54, 1.807) is 7.05 Å². The average molecular weight is 470 g/mol. The molecule has 7 heteroatoms. The number of nitrogens with zero attached hydrogens (tertiary/aromatic N) is 3. The minimum atomic E-state index is 0. The minimum Gasteiger partial charge on any atom is -0.490 e. The Labute approximate surface area is 172 Å². The van der Waals surface area contributed by atoms with Crippen molar-refractivity contribution in [3.05, 3.63) is 47.8 Å². The van der Waals surface area contributed by atoms with Gasteiger partial charge in [0.05, 0.1) is 19.8 Å². The molecule has 1 aliphatic rings. The molecule has 142 valence electrons.